The van der Waals surface area contributed by atoms with Crippen molar-refractivity contribution < 1.29 is 4.74 Å². The molecule has 1 fully saturated rings. The normalized spacial score (nSPS) is 24.9. The molecule has 0 bridgehead atoms. The van der Waals surface area contributed by atoms with E-state index in [-0.39, 0.29) is 18.2 Å². The molecule has 3 atom stereocenters. The average molecular weight is 351 g/mol. The summed E-state index contributed by atoms with van der Waals surface area (Å²) in [4.78, 5) is 0. The van der Waals surface area contributed by atoms with Crippen molar-refractivity contribution in [3.63, 3.8) is 0 Å². The van der Waals surface area contributed by atoms with Gasteiger partial charge in [0.15, 0.2) is 0 Å². The Morgan fingerprint density at radius 2 is 1.92 bits per heavy atom. The van der Waals surface area contributed by atoms with Crippen LogP contribution < -0.4 is 21.3 Å². The third-order valence-corrected chi connectivity index (χ3v) is 5.33. The summed E-state index contributed by atoms with van der Waals surface area (Å²) in [5.41, 5.74) is 8.82. The van der Waals surface area contributed by atoms with Gasteiger partial charge in [-0.3, -0.25) is 15.4 Å². The first kappa shape index (κ1) is 17.0. The minimum atomic E-state index is -0.0465. The molecule has 4 rings (SSSR count). The minimum absolute atomic E-state index is 0.00718. The lowest BCUT2D eigenvalue weighted by Gasteiger charge is -2.30. The van der Waals surface area contributed by atoms with Gasteiger partial charge in [0.05, 0.1) is 12.2 Å². The highest BCUT2D eigenvalue weighted by Crippen LogP contribution is 2.37. The molecule has 3 unspecified atom stereocenters. The summed E-state index contributed by atoms with van der Waals surface area (Å²) in [7, 11) is 0. The monoisotopic (exact) mass is 351 g/mol. The van der Waals surface area contributed by atoms with Gasteiger partial charge in [-0.05, 0) is 55.5 Å². The number of ether oxygens (including phenoxy) is 1. The van der Waals surface area contributed by atoms with Gasteiger partial charge in [0.1, 0.15) is 23.2 Å². The fraction of sp³-hybridized carbons (Fsp3) is 0.400. The number of fused-ring (bicyclic) bond motifs is 1. The SMILES string of the molecule is N=C(C1CCCN1)n1cc(OC2CCC(N)c3ccccc32)ccc1=N. The fourth-order valence-corrected chi connectivity index (χ4v) is 3.91. The molecule has 1 aliphatic heterocycles. The average Bonchev–Trinajstić information content (AvgIpc) is 3.20. The van der Waals surface area contributed by atoms with E-state index in [9.17, 15) is 0 Å². The predicted molar refractivity (Wildman–Crippen MR) is 100 cm³/mol. The van der Waals surface area contributed by atoms with Crippen LogP contribution in [0.1, 0.15) is 49.0 Å². The third kappa shape index (κ3) is 3.18. The van der Waals surface area contributed by atoms with E-state index in [1.165, 1.54) is 0 Å². The molecule has 6 nitrogen and oxygen atoms in total. The van der Waals surface area contributed by atoms with E-state index in [4.69, 9.17) is 21.3 Å². The second kappa shape index (κ2) is 7.05. The van der Waals surface area contributed by atoms with E-state index in [0.717, 1.165) is 43.4 Å². The number of aromatic nitrogens is 1. The van der Waals surface area contributed by atoms with Crippen molar-refractivity contribution in [3.05, 3.63) is 59.2 Å². The molecular formula is C20H25N5O. The molecule has 2 heterocycles. The third-order valence-electron chi connectivity index (χ3n) is 5.33. The summed E-state index contributed by atoms with van der Waals surface area (Å²) in [6.45, 7) is 0.927. The molecule has 6 heteroatoms. The lowest BCUT2D eigenvalue weighted by Crippen LogP contribution is -2.39. The molecular weight excluding hydrogens is 326 g/mol. The molecule has 2 aliphatic rings. The van der Waals surface area contributed by atoms with E-state index >= 15 is 0 Å². The molecule has 1 aromatic carbocycles. The summed E-state index contributed by atoms with van der Waals surface area (Å²) in [5, 5.41) is 19.9. The maximum absolute atomic E-state index is 8.44. The van der Waals surface area contributed by atoms with E-state index in [2.05, 4.69) is 17.4 Å². The van der Waals surface area contributed by atoms with Crippen LogP contribution in [0.2, 0.25) is 0 Å². The molecule has 5 N–H and O–H groups in total. The van der Waals surface area contributed by atoms with Gasteiger partial charge in [-0.1, -0.05) is 24.3 Å². The van der Waals surface area contributed by atoms with Crippen molar-refractivity contribution in [1.82, 2.24) is 9.88 Å². The number of nitrogens with two attached hydrogens (primary N) is 1. The van der Waals surface area contributed by atoms with Crippen LogP contribution in [0.4, 0.5) is 0 Å². The molecule has 0 saturated carbocycles. The molecule has 0 spiro atoms. The zero-order valence-electron chi connectivity index (χ0n) is 14.7. The van der Waals surface area contributed by atoms with Gasteiger partial charge in [-0.15, -0.1) is 0 Å². The minimum Gasteiger partial charge on any atom is -0.484 e. The number of benzene rings is 1. The lowest BCUT2D eigenvalue weighted by molar-refractivity contribution is 0.176. The smallest absolute Gasteiger partial charge is 0.137 e. The van der Waals surface area contributed by atoms with Crippen LogP contribution in [0.25, 0.3) is 0 Å². The molecule has 26 heavy (non-hydrogen) atoms. The summed E-state index contributed by atoms with van der Waals surface area (Å²) in [6.07, 6.45) is 5.47. The van der Waals surface area contributed by atoms with Gasteiger partial charge in [0, 0.05) is 6.04 Å². The second-order valence-electron chi connectivity index (χ2n) is 7.07. The molecule has 1 saturated heterocycles. The predicted octanol–water partition coefficient (Wildman–Crippen LogP) is 2.46. The summed E-state index contributed by atoms with van der Waals surface area (Å²) in [5.74, 6) is 1.09. The van der Waals surface area contributed by atoms with Crippen LogP contribution in [-0.4, -0.2) is 23.0 Å². The van der Waals surface area contributed by atoms with Crippen molar-refractivity contribution in [2.24, 2.45) is 5.73 Å². The highest BCUT2D eigenvalue weighted by molar-refractivity contribution is 5.87. The number of rotatable bonds is 3. The quantitative estimate of drug-likeness (QED) is 0.505. The van der Waals surface area contributed by atoms with E-state index < -0.39 is 0 Å². The maximum Gasteiger partial charge on any atom is 0.137 e. The topological polar surface area (TPSA) is 99.9 Å². The first-order valence-corrected chi connectivity index (χ1v) is 9.24. The van der Waals surface area contributed by atoms with Crippen molar-refractivity contribution in [2.75, 3.05) is 6.54 Å². The zero-order chi connectivity index (χ0) is 18.1. The van der Waals surface area contributed by atoms with Crippen molar-refractivity contribution in [1.29, 1.82) is 10.8 Å². The standard InChI is InChI=1S/C20H25N5O/c21-16-8-9-18(15-5-2-1-4-14(15)16)26-13-7-10-19(22)25(12-13)20(23)17-6-3-11-24-17/h1-2,4-5,7,10,12,16-18,22-24H,3,6,8-9,11,21H2. The van der Waals surface area contributed by atoms with Gasteiger partial charge in [-0.25, -0.2) is 0 Å². The van der Waals surface area contributed by atoms with Crippen LogP contribution in [0.5, 0.6) is 5.75 Å². The Kier molecular flexibility index (Phi) is 4.61. The summed E-state index contributed by atoms with van der Waals surface area (Å²) in [6, 6.07) is 11.8. The largest absolute Gasteiger partial charge is 0.484 e. The number of nitrogens with one attached hydrogen (secondary N) is 3. The van der Waals surface area contributed by atoms with Gasteiger partial charge in [0.2, 0.25) is 0 Å². The molecule has 1 aliphatic carbocycles. The van der Waals surface area contributed by atoms with Crippen LogP contribution in [0.15, 0.2) is 42.6 Å². The fourth-order valence-electron chi connectivity index (χ4n) is 3.91. The highest BCUT2D eigenvalue weighted by Gasteiger charge is 2.26. The van der Waals surface area contributed by atoms with E-state index in [0.29, 0.717) is 17.1 Å². The van der Waals surface area contributed by atoms with Crippen molar-refractivity contribution >= 4 is 5.84 Å². The molecule has 0 radical (unpaired) electrons. The van der Waals surface area contributed by atoms with Gasteiger partial charge < -0.3 is 15.8 Å². The number of nitrogens with zero attached hydrogens (tertiary/aromatic N) is 1. The first-order chi connectivity index (χ1) is 12.6. The Morgan fingerprint density at radius 3 is 2.69 bits per heavy atom. The van der Waals surface area contributed by atoms with Gasteiger partial charge in [0.25, 0.3) is 0 Å². The van der Waals surface area contributed by atoms with Crippen LogP contribution >= 0.6 is 0 Å². The Hall–Kier alpha value is -2.44. The van der Waals surface area contributed by atoms with Gasteiger partial charge >= 0.3 is 0 Å². The van der Waals surface area contributed by atoms with E-state index in [1.54, 1.807) is 16.8 Å². The molecule has 136 valence electrons. The highest BCUT2D eigenvalue weighted by atomic mass is 16.5. The van der Waals surface area contributed by atoms with Crippen LogP contribution in [-0.2, 0) is 0 Å². The Morgan fingerprint density at radius 1 is 1.12 bits per heavy atom. The maximum atomic E-state index is 8.44. The summed E-state index contributed by atoms with van der Waals surface area (Å²) < 4.78 is 7.87. The van der Waals surface area contributed by atoms with Crippen molar-refractivity contribution in [3.8, 4) is 5.75 Å². The first-order valence-electron chi connectivity index (χ1n) is 9.24. The number of pyridine rings is 1. The van der Waals surface area contributed by atoms with E-state index in [1.807, 2.05) is 18.2 Å². The Bertz CT molecular complexity index is 869. The second-order valence-corrected chi connectivity index (χ2v) is 7.07. The van der Waals surface area contributed by atoms with Crippen LogP contribution in [0.3, 0.4) is 0 Å². The van der Waals surface area contributed by atoms with Gasteiger partial charge in [-0.2, -0.15) is 0 Å². The Balaban J connectivity index is 1.60. The number of hydrogen-bond acceptors (Lipinski definition) is 5. The molecule has 1 aromatic heterocycles. The molecule has 2 aromatic rings. The van der Waals surface area contributed by atoms with Crippen molar-refractivity contribution in [2.45, 2.75) is 43.9 Å². The Labute approximate surface area is 153 Å². The zero-order valence-corrected chi connectivity index (χ0v) is 14.7. The molecule has 0 amide bonds. The lowest BCUT2D eigenvalue weighted by atomic mass is 9.86. The number of hydrogen-bond donors (Lipinski definition) is 4. The van der Waals surface area contributed by atoms with Crippen LogP contribution in [0, 0.1) is 10.8 Å². The summed E-state index contributed by atoms with van der Waals surface area (Å²) >= 11 is 0.